The van der Waals surface area contributed by atoms with E-state index in [-0.39, 0.29) is 35.3 Å². The van der Waals surface area contributed by atoms with Gasteiger partial charge in [0, 0.05) is 24.9 Å². The number of nitrogens with zero attached hydrogens (tertiary/aromatic N) is 2. The first-order valence-electron chi connectivity index (χ1n) is 13.3. The number of hydrazone groups is 1. The van der Waals surface area contributed by atoms with Gasteiger partial charge in [-0.1, -0.05) is 60.7 Å². The molecule has 2 unspecified atom stereocenters. The van der Waals surface area contributed by atoms with Crippen molar-refractivity contribution in [3.05, 3.63) is 95.6 Å². The fraction of sp³-hybridized carbons (Fsp3) is 0.323. The van der Waals surface area contributed by atoms with Gasteiger partial charge in [0.25, 0.3) is 0 Å². The highest BCUT2D eigenvalue weighted by molar-refractivity contribution is 5.91. The largest absolute Gasteiger partial charge is 0.504 e. The quantitative estimate of drug-likeness (QED) is 0.342. The third kappa shape index (κ3) is 5.66. The number of benzene rings is 3. The molecule has 2 aliphatic rings. The van der Waals surface area contributed by atoms with E-state index in [0.717, 1.165) is 11.1 Å². The molecule has 8 heteroatoms. The molecule has 0 radical (unpaired) electrons. The van der Waals surface area contributed by atoms with Gasteiger partial charge in [0.15, 0.2) is 11.5 Å². The SMILES string of the molecule is CCOc1cc(/C=N/NC(=O)C2C(c3ccccc3)C(C(=O)N3CCOCC3)C2c2ccccc2)ccc1O. The molecule has 1 heterocycles. The Bertz CT molecular complexity index is 1260. The maximum absolute atomic E-state index is 13.9. The van der Waals surface area contributed by atoms with Crippen molar-refractivity contribution in [2.24, 2.45) is 16.9 Å². The van der Waals surface area contributed by atoms with E-state index < -0.39 is 5.92 Å². The number of morpholine rings is 1. The summed E-state index contributed by atoms with van der Waals surface area (Å²) in [6.45, 7) is 4.39. The lowest BCUT2D eigenvalue weighted by Crippen LogP contribution is -2.57. The summed E-state index contributed by atoms with van der Waals surface area (Å²) >= 11 is 0. The monoisotopic (exact) mass is 527 g/mol. The number of amides is 2. The van der Waals surface area contributed by atoms with Gasteiger partial charge in [-0.05, 0) is 41.8 Å². The van der Waals surface area contributed by atoms with Crippen molar-refractivity contribution in [2.45, 2.75) is 18.8 Å². The van der Waals surface area contributed by atoms with E-state index in [1.54, 1.807) is 12.1 Å². The Morgan fingerprint density at radius 2 is 1.59 bits per heavy atom. The minimum Gasteiger partial charge on any atom is -0.504 e. The van der Waals surface area contributed by atoms with Crippen LogP contribution in [0.1, 0.15) is 35.4 Å². The van der Waals surface area contributed by atoms with Crippen LogP contribution in [0, 0.1) is 11.8 Å². The van der Waals surface area contributed by atoms with Gasteiger partial charge in [-0.15, -0.1) is 0 Å². The van der Waals surface area contributed by atoms with Crippen molar-refractivity contribution in [3.8, 4) is 11.5 Å². The Morgan fingerprint density at radius 3 is 2.18 bits per heavy atom. The predicted molar refractivity (Wildman–Crippen MR) is 148 cm³/mol. The fourth-order valence-electron chi connectivity index (χ4n) is 5.68. The molecule has 1 aliphatic heterocycles. The van der Waals surface area contributed by atoms with Gasteiger partial charge in [-0.3, -0.25) is 9.59 Å². The lowest BCUT2D eigenvalue weighted by molar-refractivity contribution is -0.151. The van der Waals surface area contributed by atoms with Crippen LogP contribution in [0.5, 0.6) is 11.5 Å². The minimum absolute atomic E-state index is 0.0416. The third-order valence-electron chi connectivity index (χ3n) is 7.50. The second kappa shape index (κ2) is 12.1. The van der Waals surface area contributed by atoms with Gasteiger partial charge < -0.3 is 19.5 Å². The average molecular weight is 528 g/mol. The van der Waals surface area contributed by atoms with Gasteiger partial charge in [0.05, 0.1) is 37.9 Å². The molecular weight excluding hydrogens is 494 g/mol. The number of hydrogen-bond acceptors (Lipinski definition) is 6. The topological polar surface area (TPSA) is 100 Å². The summed E-state index contributed by atoms with van der Waals surface area (Å²) in [7, 11) is 0. The van der Waals surface area contributed by atoms with E-state index in [1.807, 2.05) is 72.5 Å². The molecule has 1 saturated carbocycles. The molecular formula is C31H33N3O5. The first-order valence-corrected chi connectivity index (χ1v) is 13.3. The van der Waals surface area contributed by atoms with Gasteiger partial charge in [-0.2, -0.15) is 5.10 Å². The third-order valence-corrected chi connectivity index (χ3v) is 7.50. The zero-order chi connectivity index (χ0) is 27.2. The van der Waals surface area contributed by atoms with Crippen LogP contribution in [0.3, 0.4) is 0 Å². The molecule has 0 aromatic heterocycles. The molecule has 2 atom stereocenters. The van der Waals surface area contributed by atoms with Crippen LogP contribution in [0.4, 0.5) is 0 Å². The van der Waals surface area contributed by atoms with E-state index in [4.69, 9.17) is 9.47 Å². The Hall–Kier alpha value is -4.17. The molecule has 39 heavy (non-hydrogen) atoms. The molecule has 202 valence electrons. The van der Waals surface area contributed by atoms with Crippen molar-refractivity contribution in [1.29, 1.82) is 0 Å². The summed E-state index contributed by atoms with van der Waals surface area (Å²) in [5.74, 6) is -1.24. The first-order chi connectivity index (χ1) is 19.1. The Labute approximate surface area is 228 Å². The number of phenolic OH excluding ortho intramolecular Hbond substituents is 1. The van der Waals surface area contributed by atoms with Crippen molar-refractivity contribution < 1.29 is 24.2 Å². The highest BCUT2D eigenvalue weighted by Crippen LogP contribution is 2.58. The van der Waals surface area contributed by atoms with E-state index in [2.05, 4.69) is 10.5 Å². The van der Waals surface area contributed by atoms with Gasteiger partial charge in [0.2, 0.25) is 11.8 Å². The number of carbonyl (C=O) groups is 2. The van der Waals surface area contributed by atoms with Crippen molar-refractivity contribution in [1.82, 2.24) is 10.3 Å². The van der Waals surface area contributed by atoms with Crippen LogP contribution in [0.2, 0.25) is 0 Å². The number of hydrogen-bond donors (Lipinski definition) is 2. The molecule has 1 saturated heterocycles. The molecule has 2 N–H and O–H groups in total. The zero-order valence-electron chi connectivity index (χ0n) is 21.9. The van der Waals surface area contributed by atoms with Crippen LogP contribution >= 0.6 is 0 Å². The highest BCUT2D eigenvalue weighted by atomic mass is 16.5. The van der Waals surface area contributed by atoms with E-state index in [1.165, 1.54) is 12.3 Å². The summed E-state index contributed by atoms with van der Waals surface area (Å²) < 4.78 is 10.9. The van der Waals surface area contributed by atoms with Crippen LogP contribution in [0.25, 0.3) is 0 Å². The molecule has 8 nitrogen and oxygen atoms in total. The average Bonchev–Trinajstić information content (AvgIpc) is 2.96. The molecule has 0 bridgehead atoms. The number of rotatable bonds is 8. The van der Waals surface area contributed by atoms with Gasteiger partial charge >= 0.3 is 0 Å². The number of phenols is 1. The second-order valence-electron chi connectivity index (χ2n) is 9.76. The van der Waals surface area contributed by atoms with Crippen LogP contribution in [-0.2, 0) is 14.3 Å². The lowest BCUT2D eigenvalue weighted by Gasteiger charge is -2.52. The lowest BCUT2D eigenvalue weighted by atomic mass is 9.51. The normalized spacial score (nSPS) is 22.7. The van der Waals surface area contributed by atoms with Crippen LogP contribution in [0.15, 0.2) is 84.0 Å². The van der Waals surface area contributed by atoms with E-state index >= 15 is 0 Å². The Balaban J connectivity index is 1.43. The summed E-state index contributed by atoms with van der Waals surface area (Å²) in [6.07, 6.45) is 1.52. The summed E-state index contributed by atoms with van der Waals surface area (Å²) in [5, 5.41) is 14.2. The Morgan fingerprint density at radius 1 is 0.974 bits per heavy atom. The maximum atomic E-state index is 13.9. The summed E-state index contributed by atoms with van der Waals surface area (Å²) in [6, 6.07) is 24.4. The fourth-order valence-corrected chi connectivity index (χ4v) is 5.68. The molecule has 2 amide bonds. The standard InChI is InChI=1S/C31H33N3O5/c1-2-39-25-19-21(13-14-24(25)35)20-32-33-30(36)28-26(22-9-5-3-6-10-22)29(27(28)23-11-7-4-8-12-23)31(37)34-15-17-38-18-16-34/h3-14,19-20,26-29,35H,2,15-18H2,1H3,(H,33,36)/b32-20+. The Kier molecular flexibility index (Phi) is 8.22. The number of nitrogens with one attached hydrogen (secondary N) is 1. The number of carbonyl (C=O) groups excluding carboxylic acids is 2. The highest BCUT2D eigenvalue weighted by Gasteiger charge is 2.58. The summed E-state index contributed by atoms with van der Waals surface area (Å²) in [5.41, 5.74) is 5.31. The zero-order valence-corrected chi connectivity index (χ0v) is 21.9. The molecule has 3 aromatic rings. The minimum atomic E-state index is -0.485. The molecule has 5 rings (SSSR count). The maximum Gasteiger partial charge on any atom is 0.244 e. The molecule has 3 aromatic carbocycles. The van der Waals surface area contributed by atoms with Crippen molar-refractivity contribution in [2.75, 3.05) is 32.9 Å². The molecule has 2 fully saturated rings. The molecule has 1 aliphatic carbocycles. The second-order valence-corrected chi connectivity index (χ2v) is 9.76. The van der Waals surface area contributed by atoms with E-state index in [0.29, 0.717) is 44.2 Å². The summed E-state index contributed by atoms with van der Waals surface area (Å²) in [4.78, 5) is 29.5. The molecule has 0 spiro atoms. The van der Waals surface area contributed by atoms with Crippen LogP contribution in [-0.4, -0.2) is 60.9 Å². The van der Waals surface area contributed by atoms with Crippen molar-refractivity contribution in [3.63, 3.8) is 0 Å². The number of ether oxygens (including phenoxy) is 2. The van der Waals surface area contributed by atoms with Crippen LogP contribution < -0.4 is 10.2 Å². The van der Waals surface area contributed by atoms with Crippen molar-refractivity contribution >= 4 is 18.0 Å². The van der Waals surface area contributed by atoms with Gasteiger partial charge in [-0.25, -0.2) is 5.43 Å². The van der Waals surface area contributed by atoms with Gasteiger partial charge in [0.1, 0.15) is 0 Å². The van der Waals surface area contributed by atoms with E-state index in [9.17, 15) is 14.7 Å². The predicted octanol–water partition coefficient (Wildman–Crippen LogP) is 3.91. The number of aromatic hydroxyl groups is 1. The first kappa shape index (κ1) is 26.4. The smallest absolute Gasteiger partial charge is 0.244 e.